The molecule has 1 aliphatic rings. The minimum atomic E-state index is -2.85. The van der Waals surface area contributed by atoms with Crippen LogP contribution in [-0.4, -0.2) is 42.7 Å². The van der Waals surface area contributed by atoms with Gasteiger partial charge in [0, 0.05) is 24.2 Å². The van der Waals surface area contributed by atoms with Gasteiger partial charge in [-0.15, -0.1) is 0 Å². The predicted molar refractivity (Wildman–Crippen MR) is 77.7 cm³/mol. The van der Waals surface area contributed by atoms with Gasteiger partial charge in [-0.25, -0.2) is 4.39 Å². The summed E-state index contributed by atoms with van der Waals surface area (Å²) in [5.41, 5.74) is 0.607. The molecular formula is C16H20F3NO3. The van der Waals surface area contributed by atoms with E-state index in [4.69, 9.17) is 4.74 Å². The Hall–Kier alpha value is -1.60. The molecule has 0 radical (unpaired) electrons. The normalized spacial score (nSPS) is 18.2. The van der Waals surface area contributed by atoms with Crippen LogP contribution in [0.3, 0.4) is 0 Å². The molecule has 1 amide bonds. The average Bonchev–Trinajstić information content (AvgIpc) is 2.93. The Morgan fingerprint density at radius 1 is 1.39 bits per heavy atom. The van der Waals surface area contributed by atoms with Crippen LogP contribution in [0.2, 0.25) is 0 Å². The smallest absolute Gasteiger partial charge is 0.345 e. The van der Waals surface area contributed by atoms with Crippen molar-refractivity contribution in [2.75, 3.05) is 13.1 Å². The van der Waals surface area contributed by atoms with Crippen molar-refractivity contribution in [2.24, 2.45) is 0 Å². The average molecular weight is 331 g/mol. The van der Waals surface area contributed by atoms with Crippen molar-refractivity contribution in [1.29, 1.82) is 0 Å². The van der Waals surface area contributed by atoms with Crippen molar-refractivity contribution in [3.8, 4) is 0 Å². The van der Waals surface area contributed by atoms with Gasteiger partial charge in [0.1, 0.15) is 5.82 Å². The van der Waals surface area contributed by atoms with Crippen molar-refractivity contribution in [3.63, 3.8) is 0 Å². The highest BCUT2D eigenvalue weighted by Crippen LogP contribution is 2.20. The van der Waals surface area contributed by atoms with Crippen LogP contribution in [0.4, 0.5) is 13.2 Å². The molecule has 2 rings (SSSR count). The van der Waals surface area contributed by atoms with Gasteiger partial charge in [-0.2, -0.15) is 8.78 Å². The predicted octanol–water partition coefficient (Wildman–Crippen LogP) is 3.20. The number of carbonyl (C=O) groups is 1. The number of nitrogens with zero attached hydrogens (tertiary/aromatic N) is 1. The molecule has 0 aliphatic carbocycles. The molecule has 0 unspecified atom stereocenters. The van der Waals surface area contributed by atoms with E-state index in [9.17, 15) is 18.0 Å². The van der Waals surface area contributed by atoms with Crippen LogP contribution >= 0.6 is 0 Å². The molecule has 7 heteroatoms. The third-order valence-electron chi connectivity index (χ3n) is 3.59. The monoisotopic (exact) mass is 331 g/mol. The minimum absolute atomic E-state index is 0.0559. The maximum absolute atomic E-state index is 13.8. The molecule has 1 aromatic carbocycles. The van der Waals surface area contributed by atoms with E-state index in [1.165, 1.54) is 23.1 Å². The van der Waals surface area contributed by atoms with E-state index >= 15 is 0 Å². The van der Waals surface area contributed by atoms with Gasteiger partial charge in [0.15, 0.2) is 0 Å². The number of carbonyl (C=O) groups excluding carboxylic acids is 1. The summed E-state index contributed by atoms with van der Waals surface area (Å²) in [5.74, 6) is -0.765. The van der Waals surface area contributed by atoms with Crippen LogP contribution in [0.1, 0.15) is 36.2 Å². The summed E-state index contributed by atoms with van der Waals surface area (Å²) in [6.07, 6.45) is -0.358. The molecule has 1 aliphatic heterocycles. The summed E-state index contributed by atoms with van der Waals surface area (Å²) in [6, 6.07) is 4.05. The van der Waals surface area contributed by atoms with Gasteiger partial charge < -0.3 is 14.4 Å². The van der Waals surface area contributed by atoms with Crippen molar-refractivity contribution >= 4 is 5.91 Å². The molecule has 1 aromatic rings. The Labute approximate surface area is 133 Å². The van der Waals surface area contributed by atoms with Gasteiger partial charge in [0.05, 0.1) is 18.8 Å². The van der Waals surface area contributed by atoms with E-state index in [0.717, 1.165) is 0 Å². The second-order valence-electron chi connectivity index (χ2n) is 5.72. The molecule has 0 bridgehead atoms. The summed E-state index contributed by atoms with van der Waals surface area (Å²) < 4.78 is 48.0. The highest BCUT2D eigenvalue weighted by molar-refractivity contribution is 5.94. The van der Waals surface area contributed by atoms with E-state index < -0.39 is 18.5 Å². The molecule has 23 heavy (non-hydrogen) atoms. The molecule has 4 nitrogen and oxygen atoms in total. The molecule has 128 valence electrons. The van der Waals surface area contributed by atoms with Crippen LogP contribution < -0.4 is 0 Å². The van der Waals surface area contributed by atoms with Crippen molar-refractivity contribution in [2.45, 2.75) is 45.7 Å². The lowest BCUT2D eigenvalue weighted by molar-refractivity contribution is -0.158. The second-order valence-corrected chi connectivity index (χ2v) is 5.72. The Kier molecular flexibility index (Phi) is 6.01. The molecule has 0 aromatic heterocycles. The van der Waals surface area contributed by atoms with Crippen molar-refractivity contribution in [3.05, 3.63) is 35.1 Å². The maximum Gasteiger partial charge on any atom is 0.345 e. The van der Waals surface area contributed by atoms with Gasteiger partial charge in [-0.1, -0.05) is 0 Å². The fourth-order valence-electron chi connectivity index (χ4n) is 2.43. The fourth-order valence-corrected chi connectivity index (χ4v) is 2.43. The van der Waals surface area contributed by atoms with E-state index in [1.807, 2.05) is 13.8 Å². The van der Waals surface area contributed by atoms with Gasteiger partial charge in [0.2, 0.25) is 0 Å². The first-order chi connectivity index (χ1) is 10.9. The summed E-state index contributed by atoms with van der Waals surface area (Å²) in [4.78, 5) is 13.8. The number of amides is 1. The van der Waals surface area contributed by atoms with Crippen LogP contribution in [0.5, 0.6) is 0 Å². The molecule has 1 atom stereocenters. The summed E-state index contributed by atoms with van der Waals surface area (Å²) >= 11 is 0. The molecule has 1 fully saturated rings. The van der Waals surface area contributed by atoms with E-state index in [0.29, 0.717) is 24.1 Å². The number of rotatable bonds is 6. The summed E-state index contributed by atoms with van der Waals surface area (Å²) in [5, 5.41) is 0. The van der Waals surface area contributed by atoms with Gasteiger partial charge in [0.25, 0.3) is 5.91 Å². The second kappa shape index (κ2) is 7.79. The number of alkyl halides is 2. The van der Waals surface area contributed by atoms with E-state index in [1.54, 1.807) is 0 Å². The lowest BCUT2D eigenvalue weighted by atomic mass is 10.1. The molecule has 0 saturated carbocycles. The number of hydrogen-bond donors (Lipinski definition) is 0. The first-order valence-corrected chi connectivity index (χ1v) is 7.49. The minimum Gasteiger partial charge on any atom is -0.374 e. The lowest BCUT2D eigenvalue weighted by Crippen LogP contribution is -2.30. The Morgan fingerprint density at radius 3 is 2.78 bits per heavy atom. The third kappa shape index (κ3) is 4.94. The number of hydrogen-bond acceptors (Lipinski definition) is 3. The molecule has 1 heterocycles. The van der Waals surface area contributed by atoms with Gasteiger partial charge in [-0.3, -0.25) is 4.79 Å². The zero-order valence-electron chi connectivity index (χ0n) is 13.1. The summed E-state index contributed by atoms with van der Waals surface area (Å²) in [7, 11) is 0. The topological polar surface area (TPSA) is 38.8 Å². The standard InChI is InChI=1S/C16H20F3NO3/c1-10(2)22-9-12-7-11(3-4-14(12)17)15(21)20-6-5-13(8-20)23-16(18)19/h3-4,7,10,13,16H,5-6,8-9H2,1-2H3/t13-/m0/s1. The van der Waals surface area contributed by atoms with Crippen LogP contribution in [0, 0.1) is 5.82 Å². The SMILES string of the molecule is CC(C)OCc1cc(C(=O)N2CC[C@H](OC(F)F)C2)ccc1F. The van der Waals surface area contributed by atoms with Crippen LogP contribution in [0.15, 0.2) is 18.2 Å². The van der Waals surface area contributed by atoms with E-state index in [2.05, 4.69) is 4.74 Å². The third-order valence-corrected chi connectivity index (χ3v) is 3.59. The number of likely N-dealkylation sites (tertiary alicyclic amines) is 1. The quantitative estimate of drug-likeness (QED) is 0.803. The highest BCUT2D eigenvalue weighted by atomic mass is 19.3. The Morgan fingerprint density at radius 2 is 2.13 bits per heavy atom. The van der Waals surface area contributed by atoms with Crippen molar-refractivity contribution < 1.29 is 27.4 Å². The van der Waals surface area contributed by atoms with Gasteiger partial charge in [-0.05, 0) is 38.5 Å². The zero-order valence-corrected chi connectivity index (χ0v) is 13.1. The summed E-state index contributed by atoms with van der Waals surface area (Å²) in [6.45, 7) is 1.34. The van der Waals surface area contributed by atoms with Crippen LogP contribution in [0.25, 0.3) is 0 Å². The Bertz CT molecular complexity index is 551. The first-order valence-electron chi connectivity index (χ1n) is 7.49. The van der Waals surface area contributed by atoms with E-state index in [-0.39, 0.29) is 25.2 Å². The fraction of sp³-hybridized carbons (Fsp3) is 0.562. The zero-order chi connectivity index (χ0) is 17.0. The number of halogens is 3. The van der Waals surface area contributed by atoms with Gasteiger partial charge >= 0.3 is 6.61 Å². The maximum atomic E-state index is 13.8. The largest absolute Gasteiger partial charge is 0.374 e. The number of ether oxygens (including phenoxy) is 2. The first kappa shape index (κ1) is 17.7. The molecular weight excluding hydrogens is 311 g/mol. The lowest BCUT2D eigenvalue weighted by Gasteiger charge is -2.17. The molecule has 1 saturated heterocycles. The molecule has 0 spiro atoms. The Balaban J connectivity index is 2.03. The number of benzene rings is 1. The van der Waals surface area contributed by atoms with Crippen molar-refractivity contribution in [1.82, 2.24) is 4.90 Å². The van der Waals surface area contributed by atoms with Crippen LogP contribution in [-0.2, 0) is 16.1 Å². The molecule has 0 N–H and O–H groups in total. The highest BCUT2D eigenvalue weighted by Gasteiger charge is 2.29.